The molecule has 11 nitrogen and oxygen atoms in total. The lowest BCUT2D eigenvalue weighted by Gasteiger charge is -2.49. The van der Waals surface area contributed by atoms with Crippen molar-refractivity contribution >= 4 is 47.2 Å². The van der Waals surface area contributed by atoms with Gasteiger partial charge < -0.3 is 24.1 Å². The van der Waals surface area contributed by atoms with Crippen LogP contribution in [0.4, 0.5) is 11.4 Å². The molecule has 2 aliphatic heterocycles. The number of allylic oxidation sites excluding steroid dienone is 2. The number of benzene rings is 4. The Balaban J connectivity index is 1.16. The first-order valence-electron chi connectivity index (χ1n) is 18.5. The Hall–Kier alpha value is -6.36. The fourth-order valence-electron chi connectivity index (χ4n) is 9.44. The van der Waals surface area contributed by atoms with Crippen molar-refractivity contribution < 1.29 is 43.2 Å². The summed E-state index contributed by atoms with van der Waals surface area (Å²) in [5, 5.41) is 10.8. The Kier molecular flexibility index (Phi) is 9.18. The number of carbonyl (C=O) groups is 4. The summed E-state index contributed by atoms with van der Waals surface area (Å²) in [6.07, 6.45) is 6.31. The Morgan fingerprint density at radius 3 is 2.00 bits per heavy atom. The summed E-state index contributed by atoms with van der Waals surface area (Å²) in [6.45, 7) is 1.81. The largest absolute Gasteiger partial charge is 0.502 e. The van der Waals surface area contributed by atoms with Crippen molar-refractivity contribution in [1.82, 2.24) is 0 Å². The van der Waals surface area contributed by atoms with Gasteiger partial charge in [-0.3, -0.25) is 24.1 Å². The number of hydrogen-bond donors (Lipinski definition) is 1. The van der Waals surface area contributed by atoms with Crippen molar-refractivity contribution in [3.8, 4) is 28.7 Å². The van der Waals surface area contributed by atoms with Crippen LogP contribution in [0.3, 0.4) is 0 Å². The van der Waals surface area contributed by atoms with Gasteiger partial charge in [0.25, 0.3) is 0 Å². The van der Waals surface area contributed by atoms with Crippen molar-refractivity contribution in [2.45, 2.75) is 25.7 Å². The van der Waals surface area contributed by atoms with Crippen LogP contribution in [0.1, 0.15) is 42.4 Å². The molecule has 4 aromatic rings. The van der Waals surface area contributed by atoms with Gasteiger partial charge in [-0.2, -0.15) is 0 Å². The van der Waals surface area contributed by atoms with Gasteiger partial charge in [0.15, 0.2) is 11.5 Å². The molecule has 0 spiro atoms. The van der Waals surface area contributed by atoms with Crippen LogP contribution in [0, 0.1) is 29.1 Å². The minimum absolute atomic E-state index is 0.145. The molecule has 8 rings (SSSR count). The van der Waals surface area contributed by atoms with Gasteiger partial charge in [0, 0.05) is 11.5 Å². The predicted molar refractivity (Wildman–Crippen MR) is 210 cm³/mol. The van der Waals surface area contributed by atoms with Crippen LogP contribution >= 0.6 is 0 Å². The van der Waals surface area contributed by atoms with Crippen molar-refractivity contribution in [1.29, 1.82) is 0 Å². The number of hydrogen-bond acceptors (Lipinski definition) is 9. The Morgan fingerprint density at radius 1 is 0.696 bits per heavy atom. The van der Waals surface area contributed by atoms with Gasteiger partial charge >= 0.3 is 0 Å². The fourth-order valence-corrected chi connectivity index (χ4v) is 9.44. The summed E-state index contributed by atoms with van der Waals surface area (Å²) < 4.78 is 21.9. The molecule has 2 heterocycles. The first kappa shape index (κ1) is 36.6. The number of imide groups is 2. The Morgan fingerprint density at radius 2 is 1.36 bits per heavy atom. The highest BCUT2D eigenvalue weighted by atomic mass is 16.5. The van der Waals surface area contributed by atoms with Gasteiger partial charge in [-0.25, -0.2) is 4.90 Å². The second kappa shape index (κ2) is 14.1. The molecule has 2 saturated heterocycles. The summed E-state index contributed by atoms with van der Waals surface area (Å²) in [5.74, 6) is -3.27. The van der Waals surface area contributed by atoms with E-state index in [1.165, 1.54) is 24.0 Å². The topological polar surface area (TPSA) is 132 Å². The molecule has 0 aromatic heterocycles. The van der Waals surface area contributed by atoms with Crippen molar-refractivity contribution in [2.24, 2.45) is 29.1 Å². The molecule has 11 heteroatoms. The third kappa shape index (κ3) is 5.55. The number of para-hydroxylation sites is 1. The molecule has 1 saturated carbocycles. The number of anilines is 2. The quantitative estimate of drug-likeness (QED) is 0.109. The standard InChI is InChI=1S/C45H42N2O9/c1-45-34(42(50)47(44(45)52)28-9-7-6-8-10-28)24-33-31(39(45)27-22-36(55-4)40(48)37(23-27)56-5)18-19-32-38(33)43(51)46(41(32)49)29-15-12-25(13-16-29)11-14-26-21-30(53-2)17-20-35(26)54-3/h6-18,20-23,32-34,38-39,48H,19,24H2,1-5H3. The number of ether oxygens (including phenoxy) is 4. The predicted octanol–water partition coefficient (Wildman–Crippen LogP) is 7.03. The number of nitrogens with zero attached hydrogens (tertiary/aromatic N) is 2. The molecule has 286 valence electrons. The average Bonchev–Trinajstić information content (AvgIpc) is 3.59. The number of phenols is 1. The highest BCUT2D eigenvalue weighted by Gasteiger charge is 2.67. The summed E-state index contributed by atoms with van der Waals surface area (Å²) in [4.78, 5) is 60.6. The van der Waals surface area contributed by atoms with E-state index >= 15 is 0 Å². The van der Waals surface area contributed by atoms with E-state index in [0.29, 0.717) is 28.4 Å². The zero-order valence-corrected chi connectivity index (χ0v) is 31.7. The van der Waals surface area contributed by atoms with Crippen LogP contribution in [0.15, 0.2) is 96.6 Å². The van der Waals surface area contributed by atoms with Crippen LogP contribution in [0.2, 0.25) is 0 Å². The fraction of sp³-hybridized carbons (Fsp3) is 0.289. The molecule has 4 aromatic carbocycles. The molecule has 0 radical (unpaired) electrons. The van der Waals surface area contributed by atoms with Crippen LogP contribution in [0.5, 0.6) is 28.7 Å². The van der Waals surface area contributed by atoms with Crippen LogP contribution in [-0.2, 0) is 19.2 Å². The summed E-state index contributed by atoms with van der Waals surface area (Å²) >= 11 is 0. The first-order valence-corrected chi connectivity index (χ1v) is 18.5. The number of amides is 4. The third-order valence-electron chi connectivity index (χ3n) is 12.2. The van der Waals surface area contributed by atoms with E-state index in [2.05, 4.69) is 0 Å². The number of rotatable bonds is 9. The average molecular weight is 755 g/mol. The number of fused-ring (bicyclic) bond motifs is 4. The van der Waals surface area contributed by atoms with Crippen LogP contribution < -0.4 is 28.7 Å². The molecule has 4 amide bonds. The van der Waals surface area contributed by atoms with Crippen LogP contribution in [-0.4, -0.2) is 57.2 Å². The third-order valence-corrected chi connectivity index (χ3v) is 12.2. The molecule has 3 fully saturated rings. The zero-order valence-electron chi connectivity index (χ0n) is 31.7. The minimum Gasteiger partial charge on any atom is -0.502 e. The monoisotopic (exact) mass is 754 g/mol. The summed E-state index contributed by atoms with van der Waals surface area (Å²) in [6, 6.07) is 24.9. The van der Waals surface area contributed by atoms with E-state index in [0.717, 1.165) is 16.7 Å². The molecule has 56 heavy (non-hydrogen) atoms. The summed E-state index contributed by atoms with van der Waals surface area (Å²) in [5.41, 5.74) is 2.74. The van der Waals surface area contributed by atoms with E-state index in [1.54, 1.807) is 62.8 Å². The van der Waals surface area contributed by atoms with E-state index in [4.69, 9.17) is 18.9 Å². The van der Waals surface area contributed by atoms with Crippen molar-refractivity contribution in [2.75, 3.05) is 38.2 Å². The van der Waals surface area contributed by atoms with E-state index < -0.39 is 35.0 Å². The van der Waals surface area contributed by atoms with E-state index in [-0.39, 0.29) is 53.7 Å². The smallest absolute Gasteiger partial charge is 0.241 e. The van der Waals surface area contributed by atoms with Gasteiger partial charge in [-0.15, -0.1) is 0 Å². The zero-order chi connectivity index (χ0) is 39.5. The lowest BCUT2D eigenvalue weighted by atomic mass is 9.51. The normalized spacial score (nSPS) is 25.5. The molecule has 1 N–H and O–H groups in total. The SMILES string of the molecule is COc1ccc(OC)c(C=Cc2ccc(N3C(=O)C4CC=C5C(CC6C(=O)N(c7ccccc7)C(=O)C6(C)C5c5cc(OC)c(O)c(OC)c5)C4C3=O)cc2)c1. The molecule has 2 aliphatic carbocycles. The summed E-state index contributed by atoms with van der Waals surface area (Å²) in [7, 11) is 6.06. The molecule has 6 atom stereocenters. The molecule has 0 bridgehead atoms. The van der Waals surface area contributed by atoms with Gasteiger partial charge in [0.2, 0.25) is 29.4 Å². The maximum atomic E-state index is 14.7. The van der Waals surface area contributed by atoms with Gasteiger partial charge in [0.05, 0.1) is 63.0 Å². The highest BCUT2D eigenvalue weighted by Crippen LogP contribution is 2.64. The number of carbonyl (C=O) groups excluding carboxylic acids is 4. The van der Waals surface area contributed by atoms with Gasteiger partial charge in [-0.05, 0) is 91.4 Å². The minimum atomic E-state index is -1.27. The van der Waals surface area contributed by atoms with E-state index in [1.807, 2.05) is 61.5 Å². The number of aromatic hydroxyl groups is 1. The van der Waals surface area contributed by atoms with Crippen LogP contribution in [0.25, 0.3) is 12.2 Å². The molecular weight excluding hydrogens is 713 g/mol. The molecule has 6 unspecified atom stereocenters. The van der Waals surface area contributed by atoms with Crippen molar-refractivity contribution in [3.05, 3.63) is 113 Å². The van der Waals surface area contributed by atoms with Gasteiger partial charge in [0.1, 0.15) is 11.5 Å². The number of methoxy groups -OCH3 is 4. The molecular formula is C45H42N2O9. The Labute approximate surface area is 324 Å². The lowest BCUT2D eigenvalue weighted by Crippen LogP contribution is -2.48. The maximum absolute atomic E-state index is 14.7. The lowest BCUT2D eigenvalue weighted by molar-refractivity contribution is -0.131. The van der Waals surface area contributed by atoms with E-state index in [9.17, 15) is 24.3 Å². The van der Waals surface area contributed by atoms with Gasteiger partial charge in [-0.1, -0.05) is 54.1 Å². The molecule has 4 aliphatic rings. The maximum Gasteiger partial charge on any atom is 0.241 e. The Bertz CT molecular complexity index is 2290. The second-order valence-corrected chi connectivity index (χ2v) is 14.8. The first-order chi connectivity index (χ1) is 27.0. The second-order valence-electron chi connectivity index (χ2n) is 14.8. The highest BCUT2D eigenvalue weighted by molar-refractivity contribution is 6.25. The number of phenolic OH excluding ortho intramolecular Hbond substituents is 1. The van der Waals surface area contributed by atoms with Crippen molar-refractivity contribution in [3.63, 3.8) is 0 Å².